The molecule has 0 amide bonds. The van der Waals surface area contributed by atoms with E-state index in [9.17, 15) is 4.39 Å². The molecule has 5 heteroatoms. The molecule has 2 rings (SSSR count). The Hall–Kier alpha value is -1.23. The van der Waals surface area contributed by atoms with Crippen LogP contribution in [0.1, 0.15) is 56.5 Å². The van der Waals surface area contributed by atoms with Crippen molar-refractivity contribution in [2.45, 2.75) is 51.9 Å². The van der Waals surface area contributed by atoms with Crippen molar-refractivity contribution in [3.05, 3.63) is 17.3 Å². The number of aryl methyl sites for hydroxylation is 1. The van der Waals surface area contributed by atoms with E-state index in [1.54, 1.807) is 6.92 Å². The van der Waals surface area contributed by atoms with Crippen molar-refractivity contribution in [3.8, 4) is 0 Å². The van der Waals surface area contributed by atoms with Gasteiger partial charge in [0.05, 0.1) is 5.69 Å². The second-order valence-electron chi connectivity index (χ2n) is 5.10. The maximum Gasteiger partial charge on any atom is 0.187 e. The van der Waals surface area contributed by atoms with Crippen LogP contribution in [0.15, 0.2) is 0 Å². The van der Waals surface area contributed by atoms with Crippen molar-refractivity contribution in [2.24, 2.45) is 11.8 Å². The van der Waals surface area contributed by atoms with Gasteiger partial charge in [-0.3, -0.25) is 0 Å². The third-order valence-electron chi connectivity index (χ3n) is 3.96. The molecular formula is C13H21FN4. The first-order valence-corrected chi connectivity index (χ1v) is 6.66. The summed E-state index contributed by atoms with van der Waals surface area (Å²) in [5.74, 6) is 6.84. The van der Waals surface area contributed by atoms with Crippen LogP contribution in [-0.2, 0) is 0 Å². The first-order chi connectivity index (χ1) is 8.65. The van der Waals surface area contributed by atoms with Crippen LogP contribution in [0.4, 0.5) is 10.2 Å². The molecule has 0 bridgehead atoms. The van der Waals surface area contributed by atoms with Gasteiger partial charge in [0.25, 0.3) is 0 Å². The molecule has 0 aliphatic heterocycles. The third kappa shape index (κ3) is 2.61. The van der Waals surface area contributed by atoms with Gasteiger partial charge < -0.3 is 5.43 Å². The Morgan fingerprint density at radius 3 is 2.50 bits per heavy atom. The molecule has 0 aromatic carbocycles. The zero-order valence-electron chi connectivity index (χ0n) is 11.0. The molecule has 1 saturated carbocycles. The summed E-state index contributed by atoms with van der Waals surface area (Å²) < 4.78 is 13.6. The predicted octanol–water partition coefficient (Wildman–Crippen LogP) is 2.89. The second-order valence-corrected chi connectivity index (χ2v) is 5.10. The maximum atomic E-state index is 13.6. The van der Waals surface area contributed by atoms with Crippen LogP contribution in [0.5, 0.6) is 0 Å². The van der Waals surface area contributed by atoms with Crippen molar-refractivity contribution >= 4 is 5.82 Å². The lowest BCUT2D eigenvalue weighted by Gasteiger charge is -2.27. The van der Waals surface area contributed by atoms with Crippen LogP contribution in [0.2, 0.25) is 0 Å². The first-order valence-electron chi connectivity index (χ1n) is 6.66. The summed E-state index contributed by atoms with van der Waals surface area (Å²) in [5, 5.41) is 0. The summed E-state index contributed by atoms with van der Waals surface area (Å²) in [6.45, 7) is 3.89. The summed E-state index contributed by atoms with van der Waals surface area (Å²) in [7, 11) is 0. The number of hydrogen-bond donors (Lipinski definition) is 2. The molecule has 0 atom stereocenters. The molecule has 4 nitrogen and oxygen atoms in total. The van der Waals surface area contributed by atoms with Crippen LogP contribution >= 0.6 is 0 Å². The highest BCUT2D eigenvalue weighted by Crippen LogP contribution is 2.36. The summed E-state index contributed by atoms with van der Waals surface area (Å²) >= 11 is 0. The molecule has 0 saturated heterocycles. The number of aromatic nitrogens is 2. The molecule has 0 radical (unpaired) electrons. The molecule has 1 fully saturated rings. The molecule has 3 N–H and O–H groups in total. The van der Waals surface area contributed by atoms with Gasteiger partial charge in [0, 0.05) is 5.92 Å². The largest absolute Gasteiger partial charge is 0.306 e. The number of nitrogens with two attached hydrogens (primary N) is 1. The van der Waals surface area contributed by atoms with E-state index in [4.69, 9.17) is 5.84 Å². The number of halogens is 1. The van der Waals surface area contributed by atoms with Crippen molar-refractivity contribution in [3.63, 3.8) is 0 Å². The lowest BCUT2D eigenvalue weighted by molar-refractivity contribution is 0.311. The number of nitrogens with zero attached hydrogens (tertiary/aromatic N) is 2. The van der Waals surface area contributed by atoms with E-state index in [0.29, 0.717) is 11.6 Å². The fraction of sp³-hybridized carbons (Fsp3) is 0.692. The minimum Gasteiger partial charge on any atom is -0.306 e. The number of hydrogen-bond acceptors (Lipinski definition) is 4. The molecule has 100 valence electrons. The van der Waals surface area contributed by atoms with E-state index in [-0.39, 0.29) is 5.82 Å². The molecule has 1 aromatic heterocycles. The van der Waals surface area contributed by atoms with Gasteiger partial charge in [-0.1, -0.05) is 13.3 Å². The highest BCUT2D eigenvalue weighted by Gasteiger charge is 2.24. The van der Waals surface area contributed by atoms with Crippen LogP contribution in [0.25, 0.3) is 0 Å². The fourth-order valence-electron chi connectivity index (χ4n) is 2.69. The van der Waals surface area contributed by atoms with Gasteiger partial charge >= 0.3 is 0 Å². The Bertz CT molecular complexity index is 414. The smallest absolute Gasteiger partial charge is 0.187 e. The number of anilines is 1. The zero-order chi connectivity index (χ0) is 13.1. The number of rotatable bonds is 3. The van der Waals surface area contributed by atoms with E-state index in [1.165, 1.54) is 19.3 Å². The minimum atomic E-state index is -0.455. The summed E-state index contributed by atoms with van der Waals surface area (Å²) in [6, 6.07) is 0. The van der Waals surface area contributed by atoms with Gasteiger partial charge in [-0.25, -0.2) is 20.2 Å². The van der Waals surface area contributed by atoms with E-state index < -0.39 is 5.82 Å². The average molecular weight is 252 g/mol. The standard InChI is InChI=1S/C13H21FN4/c1-3-9-4-6-10(7-5-9)12-16-8(2)11(14)13(17-12)18-15/h9-10H,3-7,15H2,1-2H3,(H,16,17,18). The van der Waals surface area contributed by atoms with Gasteiger partial charge in [0.1, 0.15) is 5.82 Å². The molecule has 18 heavy (non-hydrogen) atoms. The Labute approximate surface area is 107 Å². The van der Waals surface area contributed by atoms with Crippen LogP contribution in [0, 0.1) is 18.7 Å². The van der Waals surface area contributed by atoms with Crippen LogP contribution in [-0.4, -0.2) is 9.97 Å². The molecule has 1 heterocycles. The van der Waals surface area contributed by atoms with Crippen molar-refractivity contribution < 1.29 is 4.39 Å². The number of hydrazine groups is 1. The SMILES string of the molecule is CCC1CCC(c2nc(C)c(F)c(NN)n2)CC1. The quantitative estimate of drug-likeness (QED) is 0.641. The summed E-state index contributed by atoms with van der Waals surface area (Å²) in [6.07, 6.45) is 5.85. The Morgan fingerprint density at radius 2 is 1.94 bits per heavy atom. The van der Waals surface area contributed by atoms with Crippen molar-refractivity contribution in [1.29, 1.82) is 0 Å². The van der Waals surface area contributed by atoms with E-state index in [1.807, 2.05) is 0 Å². The lowest BCUT2D eigenvalue weighted by Crippen LogP contribution is -2.18. The Kier molecular flexibility index (Phi) is 4.11. The van der Waals surface area contributed by atoms with Gasteiger partial charge in [-0.15, -0.1) is 0 Å². The van der Waals surface area contributed by atoms with E-state index in [0.717, 1.165) is 24.6 Å². The number of nitrogen functional groups attached to an aromatic ring is 1. The third-order valence-corrected chi connectivity index (χ3v) is 3.96. The topological polar surface area (TPSA) is 63.8 Å². The molecule has 1 aliphatic rings. The summed E-state index contributed by atoms with van der Waals surface area (Å²) in [5.41, 5.74) is 2.68. The van der Waals surface area contributed by atoms with Crippen molar-refractivity contribution in [2.75, 3.05) is 5.43 Å². The highest BCUT2D eigenvalue weighted by molar-refractivity contribution is 5.37. The van der Waals surface area contributed by atoms with E-state index >= 15 is 0 Å². The van der Waals surface area contributed by atoms with Crippen LogP contribution < -0.4 is 11.3 Å². The molecule has 0 spiro atoms. The maximum absolute atomic E-state index is 13.6. The zero-order valence-corrected chi connectivity index (χ0v) is 11.0. The van der Waals surface area contributed by atoms with Gasteiger partial charge in [0.2, 0.25) is 0 Å². The first kappa shape index (κ1) is 13.2. The van der Waals surface area contributed by atoms with Gasteiger partial charge in [-0.05, 0) is 38.5 Å². The Balaban J connectivity index is 2.17. The minimum absolute atomic E-state index is 0.107. The molecule has 1 aromatic rings. The molecular weight excluding hydrogens is 231 g/mol. The van der Waals surface area contributed by atoms with Gasteiger partial charge in [-0.2, -0.15) is 0 Å². The second kappa shape index (κ2) is 5.61. The van der Waals surface area contributed by atoms with E-state index in [2.05, 4.69) is 22.3 Å². The normalized spacial score (nSPS) is 24.0. The number of nitrogens with one attached hydrogen (secondary N) is 1. The highest BCUT2D eigenvalue weighted by atomic mass is 19.1. The lowest BCUT2D eigenvalue weighted by atomic mass is 9.80. The molecule has 0 unspecified atom stereocenters. The predicted molar refractivity (Wildman–Crippen MR) is 69.5 cm³/mol. The average Bonchev–Trinajstić information content (AvgIpc) is 2.42. The summed E-state index contributed by atoms with van der Waals surface area (Å²) in [4.78, 5) is 8.48. The molecule has 1 aliphatic carbocycles. The Morgan fingerprint density at radius 1 is 1.28 bits per heavy atom. The monoisotopic (exact) mass is 252 g/mol. The fourth-order valence-corrected chi connectivity index (χ4v) is 2.69. The van der Waals surface area contributed by atoms with Gasteiger partial charge in [0.15, 0.2) is 11.6 Å². The van der Waals surface area contributed by atoms with Crippen LogP contribution in [0.3, 0.4) is 0 Å². The van der Waals surface area contributed by atoms with Crippen molar-refractivity contribution in [1.82, 2.24) is 9.97 Å².